The van der Waals surface area contributed by atoms with Gasteiger partial charge in [0.05, 0.1) is 22.2 Å². The van der Waals surface area contributed by atoms with Gasteiger partial charge < -0.3 is 0 Å². The largest absolute Gasteiger partial charge is 0.278 e. The van der Waals surface area contributed by atoms with Crippen LogP contribution in [0.4, 0.5) is 0 Å². The normalized spacial score (nSPS) is 12.5. The Labute approximate surface area is 257 Å². The van der Waals surface area contributed by atoms with E-state index in [4.69, 9.17) is 9.97 Å². The maximum absolute atomic E-state index is 5.37. The number of hydrogen-bond donors (Lipinski definition) is 0. The monoisotopic (exact) mass is 577 g/mol. The molecule has 44 heavy (non-hydrogen) atoms. The lowest BCUT2D eigenvalue weighted by Crippen LogP contribution is -2.03. The van der Waals surface area contributed by atoms with Gasteiger partial charge in [0, 0.05) is 42.3 Å². The molecule has 0 unspecified atom stereocenters. The Bertz CT molecular complexity index is 2620. The molecule has 1 aliphatic rings. The number of aromatic nitrogens is 3. The van der Waals surface area contributed by atoms with E-state index in [1.807, 2.05) is 11.8 Å². The quantitative estimate of drug-likeness (QED) is 0.196. The molecule has 4 heteroatoms. The Morgan fingerprint density at radius 2 is 1.18 bits per heavy atom. The molecule has 0 fully saturated rings. The average molecular weight is 578 g/mol. The van der Waals surface area contributed by atoms with E-state index >= 15 is 0 Å². The van der Waals surface area contributed by atoms with Crippen LogP contribution in [0.25, 0.3) is 82.6 Å². The molecule has 0 atom stereocenters. The average Bonchev–Trinajstić information content (AvgIpc) is 3.44. The lowest BCUT2D eigenvalue weighted by Gasteiger charge is -2.17. The lowest BCUT2D eigenvalue weighted by molar-refractivity contribution is 1.01. The highest BCUT2D eigenvalue weighted by atomic mass is 32.2. The topological polar surface area (TPSA) is 30.7 Å². The molecule has 0 spiro atoms. The van der Waals surface area contributed by atoms with Crippen molar-refractivity contribution in [2.45, 2.75) is 9.79 Å². The predicted octanol–water partition coefficient (Wildman–Crippen LogP) is 10.8. The second-order valence-electron chi connectivity index (χ2n) is 11.4. The summed E-state index contributed by atoms with van der Waals surface area (Å²) in [6.07, 6.45) is 0. The molecule has 0 radical (unpaired) electrons. The third kappa shape index (κ3) is 3.29. The standard InChI is InChI=1S/C40H23N3S/c1-3-10-24(11-4-1)27-21-23-34-35-29(27)20-22-32-37(35)36-31(16-9-17-33(36)44-34)43(32)40-41-38(26-13-5-2-6-14-26)30-19-18-25-12-7-8-15-28(25)39(30)42-40/h1-23H. The number of nitrogens with zero attached hydrogens (tertiary/aromatic N) is 3. The Kier molecular flexibility index (Phi) is 4.93. The Balaban J connectivity index is 1.36. The SMILES string of the molecule is c1ccc(-c2nc(-n3c4cccc5c4c4c6c(ccc(-c7ccccc7)c6ccc43)S5)nc3c2ccc2ccccc23)cc1. The third-order valence-electron chi connectivity index (χ3n) is 8.99. The van der Waals surface area contributed by atoms with Gasteiger partial charge in [0.25, 0.3) is 0 Å². The molecule has 0 bridgehead atoms. The smallest absolute Gasteiger partial charge is 0.235 e. The van der Waals surface area contributed by atoms with Crippen molar-refractivity contribution in [1.82, 2.24) is 14.5 Å². The Morgan fingerprint density at radius 3 is 2.05 bits per heavy atom. The van der Waals surface area contributed by atoms with Crippen LogP contribution in [0, 0.1) is 0 Å². The van der Waals surface area contributed by atoms with Crippen LogP contribution in [0.3, 0.4) is 0 Å². The van der Waals surface area contributed by atoms with Crippen molar-refractivity contribution in [2.75, 3.05) is 0 Å². The summed E-state index contributed by atoms with van der Waals surface area (Å²) in [7, 11) is 0. The highest BCUT2D eigenvalue weighted by molar-refractivity contribution is 8.00. The van der Waals surface area contributed by atoms with Crippen LogP contribution in [-0.4, -0.2) is 14.5 Å². The Hall–Kier alpha value is -5.45. The second kappa shape index (κ2) is 9.03. The summed E-state index contributed by atoms with van der Waals surface area (Å²) in [4.78, 5) is 13.3. The van der Waals surface area contributed by atoms with Gasteiger partial charge in [-0.3, -0.25) is 4.57 Å². The van der Waals surface area contributed by atoms with Gasteiger partial charge in [-0.2, -0.15) is 0 Å². The van der Waals surface area contributed by atoms with E-state index in [2.05, 4.69) is 144 Å². The molecule has 2 aromatic heterocycles. The maximum atomic E-state index is 5.37. The number of hydrogen-bond acceptors (Lipinski definition) is 3. The zero-order valence-corrected chi connectivity index (χ0v) is 24.3. The molecule has 3 nitrogen and oxygen atoms in total. The first-order valence-electron chi connectivity index (χ1n) is 14.8. The van der Waals surface area contributed by atoms with Crippen LogP contribution in [0.2, 0.25) is 0 Å². The van der Waals surface area contributed by atoms with Crippen molar-refractivity contribution >= 4 is 66.0 Å². The summed E-state index contributed by atoms with van der Waals surface area (Å²) >= 11 is 1.86. The number of benzene rings is 7. The molecule has 10 rings (SSSR count). The van der Waals surface area contributed by atoms with E-state index < -0.39 is 0 Å². The first-order chi connectivity index (χ1) is 21.8. The van der Waals surface area contributed by atoms with E-state index in [0.29, 0.717) is 5.95 Å². The summed E-state index contributed by atoms with van der Waals surface area (Å²) in [5, 5.41) is 8.50. The van der Waals surface area contributed by atoms with E-state index in [1.54, 1.807) is 0 Å². The fraction of sp³-hybridized carbons (Fsp3) is 0. The van der Waals surface area contributed by atoms with Crippen molar-refractivity contribution in [3.05, 3.63) is 140 Å². The molecular formula is C40H23N3S. The zero-order chi connectivity index (χ0) is 28.8. The first kappa shape index (κ1) is 24.0. The molecule has 0 N–H and O–H groups in total. The molecule has 3 heterocycles. The summed E-state index contributed by atoms with van der Waals surface area (Å²) in [5.74, 6) is 0.692. The van der Waals surface area contributed by atoms with Crippen molar-refractivity contribution in [3.8, 4) is 28.3 Å². The molecule has 0 saturated carbocycles. The molecule has 9 aromatic rings. The van der Waals surface area contributed by atoms with Crippen LogP contribution >= 0.6 is 11.8 Å². The summed E-state index contributed by atoms with van der Waals surface area (Å²) < 4.78 is 2.28. The van der Waals surface area contributed by atoms with Gasteiger partial charge in [0.2, 0.25) is 5.95 Å². The Morgan fingerprint density at radius 1 is 0.455 bits per heavy atom. The highest BCUT2D eigenvalue weighted by Gasteiger charge is 2.26. The van der Waals surface area contributed by atoms with Gasteiger partial charge in [-0.25, -0.2) is 9.97 Å². The van der Waals surface area contributed by atoms with Crippen LogP contribution in [0.1, 0.15) is 0 Å². The molecule has 0 saturated heterocycles. The molecule has 1 aliphatic heterocycles. The van der Waals surface area contributed by atoms with E-state index in [0.717, 1.165) is 38.6 Å². The fourth-order valence-corrected chi connectivity index (χ4v) is 8.21. The van der Waals surface area contributed by atoms with Gasteiger partial charge in [0.15, 0.2) is 0 Å². The van der Waals surface area contributed by atoms with Crippen LogP contribution in [0.15, 0.2) is 149 Å². The summed E-state index contributed by atoms with van der Waals surface area (Å²) in [6.45, 7) is 0. The van der Waals surface area contributed by atoms with Gasteiger partial charge in [-0.1, -0.05) is 121 Å². The second-order valence-corrected chi connectivity index (χ2v) is 12.5. The maximum Gasteiger partial charge on any atom is 0.235 e. The minimum Gasteiger partial charge on any atom is -0.278 e. The summed E-state index contributed by atoms with van der Waals surface area (Å²) in [6, 6.07) is 49.8. The van der Waals surface area contributed by atoms with Gasteiger partial charge in [0.1, 0.15) is 0 Å². The summed E-state index contributed by atoms with van der Waals surface area (Å²) in [5.41, 5.74) is 7.74. The first-order valence-corrected chi connectivity index (χ1v) is 15.7. The predicted molar refractivity (Wildman–Crippen MR) is 184 cm³/mol. The minimum absolute atomic E-state index is 0.692. The third-order valence-corrected chi connectivity index (χ3v) is 10.1. The van der Waals surface area contributed by atoms with Crippen LogP contribution in [0.5, 0.6) is 0 Å². The molecule has 0 amide bonds. The molecule has 204 valence electrons. The van der Waals surface area contributed by atoms with Gasteiger partial charge in [-0.15, -0.1) is 0 Å². The van der Waals surface area contributed by atoms with E-state index in [-0.39, 0.29) is 0 Å². The van der Waals surface area contributed by atoms with Gasteiger partial charge in [-0.05, 0) is 52.2 Å². The zero-order valence-electron chi connectivity index (χ0n) is 23.5. The van der Waals surface area contributed by atoms with Crippen LogP contribution in [-0.2, 0) is 0 Å². The minimum atomic E-state index is 0.692. The highest BCUT2D eigenvalue weighted by Crippen LogP contribution is 2.51. The fourth-order valence-electron chi connectivity index (χ4n) is 7.07. The lowest BCUT2D eigenvalue weighted by atomic mass is 9.95. The number of fused-ring (bicyclic) bond motifs is 3. The number of rotatable bonds is 3. The van der Waals surface area contributed by atoms with Crippen molar-refractivity contribution < 1.29 is 0 Å². The van der Waals surface area contributed by atoms with Crippen molar-refractivity contribution in [3.63, 3.8) is 0 Å². The molecular weight excluding hydrogens is 555 g/mol. The van der Waals surface area contributed by atoms with Crippen molar-refractivity contribution in [1.29, 1.82) is 0 Å². The van der Waals surface area contributed by atoms with Crippen LogP contribution < -0.4 is 0 Å². The van der Waals surface area contributed by atoms with Crippen molar-refractivity contribution in [2.24, 2.45) is 0 Å². The van der Waals surface area contributed by atoms with E-state index in [9.17, 15) is 0 Å². The molecule has 7 aromatic carbocycles. The van der Waals surface area contributed by atoms with Gasteiger partial charge >= 0.3 is 0 Å². The van der Waals surface area contributed by atoms with E-state index in [1.165, 1.54) is 47.8 Å². The molecule has 0 aliphatic carbocycles.